The maximum Gasteiger partial charge on any atom is 0.132 e. The van der Waals surface area contributed by atoms with Crippen LogP contribution in [-0.4, -0.2) is 9.36 Å². The van der Waals surface area contributed by atoms with E-state index in [-0.39, 0.29) is 0 Å². The van der Waals surface area contributed by atoms with Crippen molar-refractivity contribution in [3.05, 3.63) is 28.5 Å². The molecule has 0 saturated heterocycles. The van der Waals surface area contributed by atoms with Gasteiger partial charge in [-0.2, -0.15) is 4.37 Å². The summed E-state index contributed by atoms with van der Waals surface area (Å²) in [6.07, 6.45) is 1.69. The maximum atomic E-state index is 5.78. The third-order valence-corrected chi connectivity index (χ3v) is 3.13. The van der Waals surface area contributed by atoms with Crippen molar-refractivity contribution in [1.29, 1.82) is 0 Å². The highest BCUT2D eigenvalue weighted by molar-refractivity contribution is 9.10. The molecule has 0 unspecified atom stereocenters. The van der Waals surface area contributed by atoms with E-state index in [4.69, 9.17) is 5.73 Å². The minimum absolute atomic E-state index is 0.539. The molecule has 2 aromatic heterocycles. The van der Waals surface area contributed by atoms with Gasteiger partial charge in [-0.1, -0.05) is 0 Å². The van der Waals surface area contributed by atoms with Gasteiger partial charge in [0.1, 0.15) is 5.82 Å². The summed E-state index contributed by atoms with van der Waals surface area (Å²) in [6.45, 7) is 1.96. The number of rotatable bonds is 1. The lowest BCUT2D eigenvalue weighted by Crippen LogP contribution is -1.92. The van der Waals surface area contributed by atoms with Crippen LogP contribution < -0.4 is 5.73 Å². The van der Waals surface area contributed by atoms with Crippen molar-refractivity contribution in [2.24, 2.45) is 0 Å². The highest BCUT2D eigenvalue weighted by Gasteiger charge is 2.07. The summed E-state index contributed by atoms with van der Waals surface area (Å²) in [4.78, 5) is 5.12. The average molecular weight is 270 g/mol. The van der Waals surface area contributed by atoms with E-state index >= 15 is 0 Å². The molecule has 0 atom stereocenters. The molecule has 2 aromatic rings. The van der Waals surface area contributed by atoms with Crippen LogP contribution in [0.2, 0.25) is 0 Å². The van der Waals surface area contributed by atoms with Crippen molar-refractivity contribution < 1.29 is 0 Å². The molecular formula is C9H8BrN3S. The minimum Gasteiger partial charge on any atom is -0.383 e. The number of aromatic nitrogens is 2. The van der Waals surface area contributed by atoms with Gasteiger partial charge in [-0.25, -0.2) is 4.98 Å². The Hall–Kier alpha value is -0.940. The van der Waals surface area contributed by atoms with Gasteiger partial charge in [-0.05, 0) is 46.5 Å². The molecule has 0 aliphatic carbocycles. The SMILES string of the molecule is Cc1cc(-c2cc(Br)cnc2N)sn1. The van der Waals surface area contributed by atoms with Gasteiger partial charge in [0.15, 0.2) is 0 Å². The molecule has 0 amide bonds. The van der Waals surface area contributed by atoms with E-state index in [0.717, 1.165) is 20.6 Å². The van der Waals surface area contributed by atoms with Crippen LogP contribution in [0.4, 0.5) is 5.82 Å². The van der Waals surface area contributed by atoms with E-state index in [0.29, 0.717) is 5.82 Å². The smallest absolute Gasteiger partial charge is 0.132 e. The van der Waals surface area contributed by atoms with Crippen molar-refractivity contribution in [2.75, 3.05) is 5.73 Å². The summed E-state index contributed by atoms with van der Waals surface area (Å²) in [5, 5.41) is 0. The van der Waals surface area contributed by atoms with Gasteiger partial charge in [0, 0.05) is 16.2 Å². The number of aryl methyl sites for hydroxylation is 1. The van der Waals surface area contributed by atoms with Gasteiger partial charge in [0.05, 0.1) is 10.6 Å². The molecule has 3 nitrogen and oxygen atoms in total. The average Bonchev–Trinajstić information content (AvgIpc) is 2.56. The molecule has 0 aromatic carbocycles. The predicted molar refractivity (Wildman–Crippen MR) is 62.2 cm³/mol. The Bertz CT molecular complexity index is 467. The van der Waals surface area contributed by atoms with E-state index in [1.54, 1.807) is 6.20 Å². The molecule has 0 aliphatic rings. The summed E-state index contributed by atoms with van der Waals surface area (Å²) in [7, 11) is 0. The van der Waals surface area contributed by atoms with Gasteiger partial charge >= 0.3 is 0 Å². The fraction of sp³-hybridized carbons (Fsp3) is 0.111. The van der Waals surface area contributed by atoms with Crippen LogP contribution in [0.3, 0.4) is 0 Å². The third-order valence-electron chi connectivity index (χ3n) is 1.78. The summed E-state index contributed by atoms with van der Waals surface area (Å²) in [6, 6.07) is 3.96. The predicted octanol–water partition coefficient (Wildman–Crippen LogP) is 2.86. The Morgan fingerprint density at radius 3 is 2.86 bits per heavy atom. The minimum atomic E-state index is 0.539. The van der Waals surface area contributed by atoms with Crippen LogP contribution in [-0.2, 0) is 0 Å². The number of hydrogen-bond donors (Lipinski definition) is 1. The Labute approximate surface area is 94.3 Å². The second-order valence-electron chi connectivity index (χ2n) is 2.92. The second kappa shape index (κ2) is 3.67. The Balaban J connectivity index is 2.55. The molecule has 0 saturated carbocycles. The van der Waals surface area contributed by atoms with E-state index in [1.807, 2.05) is 19.1 Å². The fourth-order valence-electron chi connectivity index (χ4n) is 1.14. The van der Waals surface area contributed by atoms with Crippen molar-refractivity contribution in [1.82, 2.24) is 9.36 Å². The molecule has 0 radical (unpaired) electrons. The lowest BCUT2D eigenvalue weighted by molar-refractivity contribution is 1.32. The molecule has 72 valence electrons. The standard InChI is InChI=1S/C9H8BrN3S/c1-5-2-8(14-13-5)7-3-6(10)4-12-9(7)11/h2-4H,1H3,(H2,11,12). The van der Waals surface area contributed by atoms with Crippen molar-refractivity contribution in [3.8, 4) is 10.4 Å². The van der Waals surface area contributed by atoms with Gasteiger partial charge in [0.25, 0.3) is 0 Å². The number of halogens is 1. The van der Waals surface area contributed by atoms with Crippen LogP contribution in [0.1, 0.15) is 5.69 Å². The largest absolute Gasteiger partial charge is 0.383 e. The number of anilines is 1. The lowest BCUT2D eigenvalue weighted by atomic mass is 10.2. The first-order valence-electron chi connectivity index (χ1n) is 4.01. The van der Waals surface area contributed by atoms with Gasteiger partial charge in [0.2, 0.25) is 0 Å². The van der Waals surface area contributed by atoms with E-state index in [9.17, 15) is 0 Å². The fourth-order valence-corrected chi connectivity index (χ4v) is 2.25. The number of pyridine rings is 1. The number of nitrogens with two attached hydrogens (primary N) is 1. The number of nitrogens with zero attached hydrogens (tertiary/aromatic N) is 2. The Morgan fingerprint density at radius 2 is 2.21 bits per heavy atom. The zero-order valence-electron chi connectivity index (χ0n) is 7.49. The molecule has 2 heterocycles. The first kappa shape index (κ1) is 9.61. The van der Waals surface area contributed by atoms with Crippen LogP contribution in [0.15, 0.2) is 22.8 Å². The van der Waals surface area contributed by atoms with Gasteiger partial charge in [-0.15, -0.1) is 0 Å². The highest BCUT2D eigenvalue weighted by Crippen LogP contribution is 2.30. The molecule has 0 aliphatic heterocycles. The van der Waals surface area contributed by atoms with Crippen molar-refractivity contribution in [3.63, 3.8) is 0 Å². The van der Waals surface area contributed by atoms with Crippen LogP contribution in [0.5, 0.6) is 0 Å². The number of nitrogen functional groups attached to an aromatic ring is 1. The molecule has 2 N–H and O–H groups in total. The molecule has 2 rings (SSSR count). The van der Waals surface area contributed by atoms with E-state index in [2.05, 4.69) is 25.3 Å². The second-order valence-corrected chi connectivity index (χ2v) is 4.64. The summed E-state index contributed by atoms with van der Waals surface area (Å²) in [5.74, 6) is 0.539. The van der Waals surface area contributed by atoms with Crippen molar-refractivity contribution in [2.45, 2.75) is 6.92 Å². The van der Waals surface area contributed by atoms with Crippen LogP contribution >= 0.6 is 27.5 Å². The zero-order valence-corrected chi connectivity index (χ0v) is 9.89. The molecule has 0 spiro atoms. The lowest BCUT2D eigenvalue weighted by Gasteiger charge is -2.01. The topological polar surface area (TPSA) is 51.8 Å². The first-order valence-corrected chi connectivity index (χ1v) is 5.58. The molecule has 14 heavy (non-hydrogen) atoms. The molecule has 5 heteroatoms. The quantitative estimate of drug-likeness (QED) is 0.866. The third kappa shape index (κ3) is 1.78. The summed E-state index contributed by atoms with van der Waals surface area (Å²) in [5.41, 5.74) is 7.72. The van der Waals surface area contributed by atoms with Crippen LogP contribution in [0.25, 0.3) is 10.4 Å². The summed E-state index contributed by atoms with van der Waals surface area (Å²) < 4.78 is 5.13. The normalized spacial score (nSPS) is 10.4. The number of hydrogen-bond acceptors (Lipinski definition) is 4. The molecular weight excluding hydrogens is 262 g/mol. The Kier molecular flexibility index (Phi) is 2.52. The Morgan fingerprint density at radius 1 is 1.43 bits per heavy atom. The van der Waals surface area contributed by atoms with E-state index < -0.39 is 0 Å². The van der Waals surface area contributed by atoms with Gasteiger partial charge in [-0.3, -0.25) is 0 Å². The maximum absolute atomic E-state index is 5.78. The van der Waals surface area contributed by atoms with Crippen molar-refractivity contribution >= 4 is 33.3 Å². The van der Waals surface area contributed by atoms with Crippen LogP contribution in [0, 0.1) is 6.92 Å². The summed E-state index contributed by atoms with van der Waals surface area (Å²) >= 11 is 4.80. The monoisotopic (exact) mass is 269 g/mol. The molecule has 0 bridgehead atoms. The molecule has 0 fully saturated rings. The first-order chi connectivity index (χ1) is 6.66. The zero-order chi connectivity index (χ0) is 10.1. The van der Waals surface area contributed by atoms with E-state index in [1.165, 1.54) is 11.5 Å². The highest BCUT2D eigenvalue weighted by atomic mass is 79.9. The van der Waals surface area contributed by atoms with Gasteiger partial charge < -0.3 is 5.73 Å².